The van der Waals surface area contributed by atoms with E-state index < -0.39 is 30.0 Å². The van der Waals surface area contributed by atoms with E-state index in [-0.39, 0.29) is 50.1 Å². The molecule has 0 bridgehead atoms. The fraction of sp³-hybridized carbons (Fsp3) is 0.550. The van der Waals surface area contributed by atoms with Gasteiger partial charge in [0.25, 0.3) is 0 Å². The largest absolute Gasteiger partial charge is 0.408 e. The van der Waals surface area contributed by atoms with E-state index in [2.05, 4.69) is 5.32 Å². The van der Waals surface area contributed by atoms with Crippen LogP contribution in [0, 0.1) is 17.7 Å². The van der Waals surface area contributed by atoms with Gasteiger partial charge < -0.3 is 15.5 Å². The van der Waals surface area contributed by atoms with Crippen molar-refractivity contribution in [3.05, 3.63) is 35.6 Å². The summed E-state index contributed by atoms with van der Waals surface area (Å²) in [5, 5.41) is 4.68. The molecule has 30 heavy (non-hydrogen) atoms. The van der Waals surface area contributed by atoms with Crippen molar-refractivity contribution in [2.75, 3.05) is 13.1 Å². The molecule has 0 aliphatic carbocycles. The van der Waals surface area contributed by atoms with Crippen molar-refractivity contribution in [3.63, 3.8) is 0 Å². The summed E-state index contributed by atoms with van der Waals surface area (Å²) in [7, 11) is 0. The van der Waals surface area contributed by atoms with Crippen LogP contribution in [0.15, 0.2) is 24.3 Å². The van der Waals surface area contributed by atoms with Crippen molar-refractivity contribution in [2.45, 2.75) is 44.4 Å². The van der Waals surface area contributed by atoms with E-state index in [1.54, 1.807) is 12.1 Å². The fourth-order valence-electron chi connectivity index (χ4n) is 3.81. The van der Waals surface area contributed by atoms with E-state index in [0.717, 1.165) is 5.56 Å². The first-order valence-electron chi connectivity index (χ1n) is 9.83. The lowest BCUT2D eigenvalue weighted by Gasteiger charge is -2.36. The third-order valence-corrected chi connectivity index (χ3v) is 5.63. The number of likely N-dealkylation sites (tertiary alicyclic amines) is 1. The molecule has 164 valence electrons. The Balaban J connectivity index is 1.45. The number of hydrogen-bond acceptors (Lipinski definition) is 3. The van der Waals surface area contributed by atoms with Gasteiger partial charge in [-0.15, -0.1) is 0 Å². The first kappa shape index (κ1) is 22.0. The highest BCUT2D eigenvalue weighted by Crippen LogP contribution is 2.30. The lowest BCUT2D eigenvalue weighted by molar-refractivity contribution is -0.172. The Hall–Kier alpha value is -2.65. The molecule has 1 aromatic rings. The molecule has 0 spiro atoms. The number of carbonyl (C=O) groups is 3. The lowest BCUT2D eigenvalue weighted by atomic mass is 9.90. The number of halogens is 4. The quantitative estimate of drug-likeness (QED) is 0.569. The first-order chi connectivity index (χ1) is 14.1. The van der Waals surface area contributed by atoms with Gasteiger partial charge in [-0.2, -0.15) is 13.2 Å². The van der Waals surface area contributed by atoms with E-state index >= 15 is 0 Å². The molecule has 3 amide bonds. The molecular weight excluding hydrogens is 406 g/mol. The van der Waals surface area contributed by atoms with Crippen molar-refractivity contribution in [1.82, 2.24) is 15.5 Å². The highest BCUT2D eigenvalue weighted by Gasteiger charge is 2.46. The zero-order chi connectivity index (χ0) is 21.9. The molecular formula is C20H23F4N3O3. The first-order valence-corrected chi connectivity index (χ1v) is 9.83. The van der Waals surface area contributed by atoms with E-state index in [1.807, 2.05) is 5.32 Å². The average molecular weight is 429 g/mol. The molecule has 2 aliphatic heterocycles. The number of benzene rings is 1. The molecule has 1 aromatic carbocycles. The van der Waals surface area contributed by atoms with Gasteiger partial charge in [0, 0.05) is 25.6 Å². The van der Waals surface area contributed by atoms with E-state index in [0.29, 0.717) is 12.8 Å². The molecule has 0 radical (unpaired) electrons. The molecule has 2 N–H and O–H groups in total. The summed E-state index contributed by atoms with van der Waals surface area (Å²) in [5.74, 6) is -3.33. The zero-order valence-electron chi connectivity index (χ0n) is 16.2. The molecule has 2 saturated heterocycles. The number of carbonyl (C=O) groups excluding carboxylic acids is 3. The maximum atomic E-state index is 12.9. The van der Waals surface area contributed by atoms with Crippen LogP contribution in [0.2, 0.25) is 0 Å². The Morgan fingerprint density at radius 3 is 2.27 bits per heavy atom. The van der Waals surface area contributed by atoms with Crippen LogP contribution >= 0.6 is 0 Å². The van der Waals surface area contributed by atoms with Crippen LogP contribution in [0.4, 0.5) is 17.6 Å². The van der Waals surface area contributed by atoms with Crippen LogP contribution in [0.5, 0.6) is 0 Å². The second-order valence-corrected chi connectivity index (χ2v) is 7.68. The van der Waals surface area contributed by atoms with Gasteiger partial charge >= 0.3 is 6.18 Å². The highest BCUT2D eigenvalue weighted by molar-refractivity contribution is 6.01. The van der Waals surface area contributed by atoms with Crippen LogP contribution in [-0.4, -0.2) is 47.9 Å². The van der Waals surface area contributed by atoms with Crippen molar-refractivity contribution < 1.29 is 31.9 Å². The predicted molar refractivity (Wildman–Crippen MR) is 98.3 cm³/mol. The Morgan fingerprint density at radius 2 is 1.70 bits per heavy atom. The van der Waals surface area contributed by atoms with Crippen LogP contribution in [-0.2, 0) is 20.9 Å². The number of nitrogens with one attached hydrogen (secondary N) is 2. The minimum Gasteiger partial charge on any atom is -0.352 e. The summed E-state index contributed by atoms with van der Waals surface area (Å²) in [6.07, 6.45) is -4.19. The van der Waals surface area contributed by atoms with Gasteiger partial charge in [0.2, 0.25) is 17.7 Å². The second-order valence-electron chi connectivity index (χ2n) is 7.68. The van der Waals surface area contributed by atoms with Gasteiger partial charge in [0.15, 0.2) is 0 Å². The smallest absolute Gasteiger partial charge is 0.352 e. The minimum atomic E-state index is -4.52. The molecule has 6 nitrogen and oxygen atoms in total. The fourth-order valence-corrected chi connectivity index (χ4v) is 3.81. The van der Waals surface area contributed by atoms with Crippen molar-refractivity contribution in [1.29, 1.82) is 0 Å². The van der Waals surface area contributed by atoms with Gasteiger partial charge in [-0.1, -0.05) is 12.1 Å². The van der Waals surface area contributed by atoms with E-state index in [4.69, 9.17) is 0 Å². The van der Waals surface area contributed by atoms with Crippen molar-refractivity contribution in [3.8, 4) is 0 Å². The monoisotopic (exact) mass is 429 g/mol. The van der Waals surface area contributed by atoms with Crippen LogP contribution in [0.25, 0.3) is 0 Å². The normalized spacial score (nSPS) is 23.1. The molecule has 10 heteroatoms. The van der Waals surface area contributed by atoms with Crippen LogP contribution in [0.1, 0.15) is 31.2 Å². The third-order valence-electron chi connectivity index (χ3n) is 5.63. The Bertz CT molecular complexity index is 789. The SMILES string of the molecule is O=C(NCc1ccc(F)cc1)C1CCN(C(=O)C2CCC(C(F)(F)F)NC2=O)CC1. The second kappa shape index (κ2) is 9.01. The Kier molecular flexibility index (Phi) is 6.62. The summed E-state index contributed by atoms with van der Waals surface area (Å²) in [6, 6.07) is 3.86. The summed E-state index contributed by atoms with van der Waals surface area (Å²) < 4.78 is 51.1. The Labute approximate surface area is 171 Å². The average Bonchev–Trinajstić information content (AvgIpc) is 2.72. The number of amides is 3. The highest BCUT2D eigenvalue weighted by atomic mass is 19.4. The molecule has 2 heterocycles. The standard InChI is InChI=1S/C20H23F4N3O3/c21-14-3-1-12(2-4-14)11-25-17(28)13-7-9-27(10-8-13)19(30)15-5-6-16(20(22,23)24)26-18(15)29/h1-4,13,15-16H,5-11H2,(H,25,28)(H,26,29). The minimum absolute atomic E-state index is 0.146. The molecule has 3 rings (SSSR count). The molecule has 2 atom stereocenters. The molecule has 2 fully saturated rings. The zero-order valence-corrected chi connectivity index (χ0v) is 16.2. The van der Waals surface area contributed by atoms with Crippen LogP contribution in [0.3, 0.4) is 0 Å². The summed E-state index contributed by atoms with van der Waals surface area (Å²) in [6.45, 7) is 0.792. The van der Waals surface area contributed by atoms with Crippen molar-refractivity contribution in [2.24, 2.45) is 11.8 Å². The summed E-state index contributed by atoms with van der Waals surface area (Å²) >= 11 is 0. The van der Waals surface area contributed by atoms with Crippen molar-refractivity contribution >= 4 is 17.7 Å². The summed E-state index contributed by atoms with van der Waals surface area (Å²) in [4.78, 5) is 38.4. The van der Waals surface area contributed by atoms with Gasteiger partial charge in [-0.3, -0.25) is 14.4 Å². The third kappa shape index (κ3) is 5.28. The van der Waals surface area contributed by atoms with E-state index in [1.165, 1.54) is 17.0 Å². The number of hydrogen-bond donors (Lipinski definition) is 2. The maximum absolute atomic E-state index is 12.9. The molecule has 2 aliphatic rings. The summed E-state index contributed by atoms with van der Waals surface area (Å²) in [5.41, 5.74) is 0.762. The Morgan fingerprint density at radius 1 is 1.07 bits per heavy atom. The van der Waals surface area contributed by atoms with Gasteiger partial charge in [0.05, 0.1) is 0 Å². The molecule has 0 aromatic heterocycles. The topological polar surface area (TPSA) is 78.5 Å². The van der Waals surface area contributed by atoms with Gasteiger partial charge in [-0.25, -0.2) is 4.39 Å². The lowest BCUT2D eigenvalue weighted by Crippen LogP contribution is -2.55. The number of rotatable bonds is 4. The maximum Gasteiger partial charge on any atom is 0.408 e. The predicted octanol–water partition coefficient (Wildman–Crippen LogP) is 2.14. The van der Waals surface area contributed by atoms with E-state index in [9.17, 15) is 31.9 Å². The molecule has 2 unspecified atom stereocenters. The molecule has 0 saturated carbocycles. The number of alkyl halides is 3. The van der Waals surface area contributed by atoms with Crippen LogP contribution < -0.4 is 10.6 Å². The van der Waals surface area contributed by atoms with Gasteiger partial charge in [0.1, 0.15) is 17.8 Å². The van der Waals surface area contributed by atoms with Gasteiger partial charge in [-0.05, 0) is 43.4 Å². The number of piperidine rings is 2. The number of nitrogens with zero attached hydrogens (tertiary/aromatic N) is 1.